The molecule has 1 saturated heterocycles. The molecule has 1 aromatic rings. The maximum atomic E-state index is 9.32. The molecule has 0 aromatic heterocycles. The Morgan fingerprint density at radius 1 is 1.32 bits per heavy atom. The summed E-state index contributed by atoms with van der Waals surface area (Å²) in [5.41, 5.74) is 1.59. The van der Waals surface area contributed by atoms with E-state index in [1.807, 2.05) is 24.3 Å². The maximum Gasteiger partial charge on any atom is 0.189 e. The standard InChI is InChI=1S/C14H13BrN2O2/c15-12-1-2-13-10(8-12)7-11(9-16)14(19-13)17-3-5-18-6-4-17/h1-2,7-8,14H,3-6H2. The van der Waals surface area contributed by atoms with Crippen molar-refractivity contribution in [1.82, 2.24) is 4.90 Å². The van der Waals surface area contributed by atoms with E-state index < -0.39 is 0 Å². The van der Waals surface area contributed by atoms with Crippen LogP contribution in [0.2, 0.25) is 0 Å². The monoisotopic (exact) mass is 320 g/mol. The highest BCUT2D eigenvalue weighted by Gasteiger charge is 2.29. The van der Waals surface area contributed by atoms with Crippen molar-refractivity contribution in [2.75, 3.05) is 26.3 Å². The van der Waals surface area contributed by atoms with Crippen LogP contribution in [0.15, 0.2) is 28.2 Å². The molecule has 2 heterocycles. The lowest BCUT2D eigenvalue weighted by atomic mass is 10.1. The van der Waals surface area contributed by atoms with Gasteiger partial charge in [0.2, 0.25) is 0 Å². The third-order valence-electron chi connectivity index (χ3n) is 3.29. The second-order valence-electron chi connectivity index (χ2n) is 4.51. The summed E-state index contributed by atoms with van der Waals surface area (Å²) in [5, 5.41) is 9.32. The minimum Gasteiger partial charge on any atom is -0.470 e. The number of hydrogen-bond acceptors (Lipinski definition) is 4. The molecule has 0 spiro atoms. The smallest absolute Gasteiger partial charge is 0.189 e. The topological polar surface area (TPSA) is 45.5 Å². The molecule has 4 nitrogen and oxygen atoms in total. The minimum absolute atomic E-state index is 0.289. The Hall–Kier alpha value is -1.35. The Labute approximate surface area is 120 Å². The number of ether oxygens (including phenoxy) is 2. The Morgan fingerprint density at radius 3 is 2.84 bits per heavy atom. The van der Waals surface area contributed by atoms with Crippen molar-refractivity contribution >= 4 is 22.0 Å². The minimum atomic E-state index is -0.289. The van der Waals surface area contributed by atoms with Gasteiger partial charge in [0.25, 0.3) is 0 Å². The molecule has 0 bridgehead atoms. The molecule has 1 unspecified atom stereocenters. The Morgan fingerprint density at radius 2 is 2.11 bits per heavy atom. The molecule has 0 N–H and O–H groups in total. The number of nitriles is 1. The largest absolute Gasteiger partial charge is 0.470 e. The van der Waals surface area contributed by atoms with Crippen molar-refractivity contribution in [3.8, 4) is 11.8 Å². The second-order valence-corrected chi connectivity index (χ2v) is 5.43. The van der Waals surface area contributed by atoms with Gasteiger partial charge < -0.3 is 9.47 Å². The van der Waals surface area contributed by atoms with Gasteiger partial charge in [-0.3, -0.25) is 4.90 Å². The SMILES string of the molecule is N#CC1=Cc2cc(Br)ccc2OC1N1CCOCC1. The normalized spacial score (nSPS) is 22.9. The second kappa shape index (κ2) is 5.33. The van der Waals surface area contributed by atoms with Gasteiger partial charge >= 0.3 is 0 Å². The van der Waals surface area contributed by atoms with E-state index in [9.17, 15) is 5.26 Å². The van der Waals surface area contributed by atoms with Crippen molar-refractivity contribution in [3.05, 3.63) is 33.8 Å². The molecule has 0 amide bonds. The van der Waals surface area contributed by atoms with Crippen LogP contribution < -0.4 is 4.74 Å². The predicted octanol–water partition coefficient (Wildman–Crippen LogP) is 2.41. The third-order valence-corrected chi connectivity index (χ3v) is 3.79. The van der Waals surface area contributed by atoms with Gasteiger partial charge in [0, 0.05) is 23.1 Å². The van der Waals surface area contributed by atoms with Crippen molar-refractivity contribution in [3.63, 3.8) is 0 Å². The van der Waals surface area contributed by atoms with Gasteiger partial charge in [-0.2, -0.15) is 5.26 Å². The van der Waals surface area contributed by atoms with Crippen LogP contribution in [0, 0.1) is 11.3 Å². The van der Waals surface area contributed by atoms with E-state index in [0.717, 1.165) is 28.9 Å². The first kappa shape index (κ1) is 12.7. The highest BCUT2D eigenvalue weighted by molar-refractivity contribution is 9.10. The number of hydrogen-bond donors (Lipinski definition) is 0. The molecule has 5 heteroatoms. The summed E-state index contributed by atoms with van der Waals surface area (Å²) in [6, 6.07) is 8.08. The van der Waals surface area contributed by atoms with Gasteiger partial charge in [-0.05, 0) is 24.3 Å². The summed E-state index contributed by atoms with van der Waals surface area (Å²) in [7, 11) is 0. The molecule has 2 aliphatic heterocycles. The van der Waals surface area contributed by atoms with Crippen LogP contribution in [-0.4, -0.2) is 37.4 Å². The van der Waals surface area contributed by atoms with Gasteiger partial charge in [0.15, 0.2) is 6.23 Å². The summed E-state index contributed by atoms with van der Waals surface area (Å²) in [6.45, 7) is 2.95. The van der Waals surface area contributed by atoms with Crippen molar-refractivity contribution < 1.29 is 9.47 Å². The van der Waals surface area contributed by atoms with Gasteiger partial charge in [-0.15, -0.1) is 0 Å². The van der Waals surface area contributed by atoms with E-state index in [2.05, 4.69) is 26.9 Å². The molecule has 98 valence electrons. The number of rotatable bonds is 1. The van der Waals surface area contributed by atoms with Crippen LogP contribution in [0.25, 0.3) is 6.08 Å². The first-order valence-corrected chi connectivity index (χ1v) is 6.97. The van der Waals surface area contributed by atoms with Gasteiger partial charge in [-0.25, -0.2) is 0 Å². The van der Waals surface area contributed by atoms with Crippen LogP contribution in [0.1, 0.15) is 5.56 Å². The third kappa shape index (κ3) is 2.52. The Balaban J connectivity index is 1.92. The highest BCUT2D eigenvalue weighted by atomic mass is 79.9. The van der Waals surface area contributed by atoms with E-state index >= 15 is 0 Å². The number of nitrogens with zero attached hydrogens (tertiary/aromatic N) is 2. The van der Waals surface area contributed by atoms with E-state index in [4.69, 9.17) is 9.47 Å². The van der Waals surface area contributed by atoms with E-state index in [-0.39, 0.29) is 6.23 Å². The van der Waals surface area contributed by atoms with Gasteiger partial charge in [-0.1, -0.05) is 15.9 Å². The van der Waals surface area contributed by atoms with Gasteiger partial charge in [0.1, 0.15) is 11.8 Å². The first-order valence-electron chi connectivity index (χ1n) is 6.17. The molecule has 19 heavy (non-hydrogen) atoms. The molecule has 0 radical (unpaired) electrons. The molecule has 3 rings (SSSR count). The maximum absolute atomic E-state index is 9.32. The lowest BCUT2D eigenvalue weighted by Gasteiger charge is -2.36. The lowest BCUT2D eigenvalue weighted by Crippen LogP contribution is -2.47. The number of halogens is 1. The molecule has 2 aliphatic rings. The Bertz CT molecular complexity index is 559. The van der Waals surface area contributed by atoms with E-state index in [1.54, 1.807) is 0 Å². The van der Waals surface area contributed by atoms with Crippen LogP contribution in [0.3, 0.4) is 0 Å². The van der Waals surface area contributed by atoms with Gasteiger partial charge in [0.05, 0.1) is 18.8 Å². The quantitative estimate of drug-likeness (QED) is 0.797. The summed E-state index contributed by atoms with van der Waals surface area (Å²) in [4.78, 5) is 2.14. The van der Waals surface area contributed by atoms with Crippen LogP contribution in [0.5, 0.6) is 5.75 Å². The average Bonchev–Trinajstić information content (AvgIpc) is 2.46. The summed E-state index contributed by atoms with van der Waals surface area (Å²) < 4.78 is 12.3. The van der Waals surface area contributed by atoms with Crippen LogP contribution in [0.4, 0.5) is 0 Å². The molecular formula is C14H13BrN2O2. The van der Waals surface area contributed by atoms with Crippen LogP contribution in [-0.2, 0) is 4.74 Å². The lowest BCUT2D eigenvalue weighted by molar-refractivity contribution is -0.0289. The van der Waals surface area contributed by atoms with Crippen molar-refractivity contribution in [1.29, 1.82) is 5.26 Å². The molecule has 0 saturated carbocycles. The summed E-state index contributed by atoms with van der Waals surface area (Å²) >= 11 is 3.43. The zero-order chi connectivity index (χ0) is 13.2. The number of benzene rings is 1. The molecule has 1 aromatic carbocycles. The molecule has 1 atom stereocenters. The fourth-order valence-electron chi connectivity index (χ4n) is 2.33. The zero-order valence-electron chi connectivity index (χ0n) is 10.3. The molecule has 0 aliphatic carbocycles. The van der Waals surface area contributed by atoms with E-state index in [1.165, 1.54) is 0 Å². The fourth-order valence-corrected chi connectivity index (χ4v) is 2.71. The van der Waals surface area contributed by atoms with Crippen molar-refractivity contribution in [2.24, 2.45) is 0 Å². The summed E-state index contributed by atoms with van der Waals surface area (Å²) in [6.07, 6.45) is 1.62. The Kier molecular flexibility index (Phi) is 3.56. The van der Waals surface area contributed by atoms with Crippen molar-refractivity contribution in [2.45, 2.75) is 6.23 Å². The van der Waals surface area contributed by atoms with Crippen LogP contribution >= 0.6 is 15.9 Å². The first-order chi connectivity index (χ1) is 9.28. The number of morpholine rings is 1. The van der Waals surface area contributed by atoms with E-state index in [0.29, 0.717) is 18.8 Å². The average molecular weight is 321 g/mol. The molecule has 1 fully saturated rings. The number of fused-ring (bicyclic) bond motifs is 1. The fraction of sp³-hybridized carbons (Fsp3) is 0.357. The predicted molar refractivity (Wildman–Crippen MR) is 74.5 cm³/mol. The zero-order valence-corrected chi connectivity index (χ0v) is 11.9. The highest BCUT2D eigenvalue weighted by Crippen LogP contribution is 2.33. The summed E-state index contributed by atoms with van der Waals surface area (Å²) in [5.74, 6) is 0.818. The molecular weight excluding hydrogens is 308 g/mol.